The van der Waals surface area contributed by atoms with Gasteiger partial charge in [0, 0.05) is 29.9 Å². The molecule has 1 aliphatic rings. The number of imidazole rings is 1. The molecule has 3 aromatic rings. The van der Waals surface area contributed by atoms with Gasteiger partial charge < -0.3 is 21.1 Å². The molecule has 0 bridgehead atoms. The van der Waals surface area contributed by atoms with Crippen LogP contribution in [0.25, 0.3) is 11.0 Å². The number of aromatic amines is 1. The molecule has 6 heteroatoms. The molecule has 0 spiro atoms. The number of aryl methyl sites for hydroxylation is 2. The minimum atomic E-state index is -0.646. The maximum absolute atomic E-state index is 12.2. The van der Waals surface area contributed by atoms with Gasteiger partial charge in [-0.05, 0) is 49.9 Å². The molecule has 3 atom stereocenters. The van der Waals surface area contributed by atoms with Gasteiger partial charge in [0.25, 0.3) is 0 Å². The minimum Gasteiger partial charge on any atom is -0.399 e. The van der Waals surface area contributed by atoms with Gasteiger partial charge in [-0.2, -0.15) is 0 Å². The Bertz CT molecular complexity index is 1010. The van der Waals surface area contributed by atoms with E-state index in [2.05, 4.69) is 23.3 Å². The Morgan fingerprint density at radius 2 is 2.15 bits per heavy atom. The molecule has 3 unspecified atom stereocenters. The van der Waals surface area contributed by atoms with E-state index < -0.39 is 6.10 Å². The third kappa shape index (κ3) is 3.50. The second-order valence-corrected chi connectivity index (χ2v) is 7.52. The predicted molar refractivity (Wildman–Crippen MR) is 108 cm³/mol. The summed E-state index contributed by atoms with van der Waals surface area (Å²) >= 11 is 0. The highest BCUT2D eigenvalue weighted by Crippen LogP contribution is 2.30. The van der Waals surface area contributed by atoms with Crippen LogP contribution in [0.15, 0.2) is 47.3 Å². The van der Waals surface area contributed by atoms with Crippen molar-refractivity contribution in [1.82, 2.24) is 14.9 Å². The lowest BCUT2D eigenvalue weighted by atomic mass is 9.98. The van der Waals surface area contributed by atoms with Gasteiger partial charge in [0.1, 0.15) is 0 Å². The number of para-hydroxylation sites is 1. The van der Waals surface area contributed by atoms with Crippen molar-refractivity contribution >= 4 is 16.7 Å². The summed E-state index contributed by atoms with van der Waals surface area (Å²) in [5.41, 5.74) is 10.2. The van der Waals surface area contributed by atoms with Gasteiger partial charge >= 0.3 is 5.69 Å². The summed E-state index contributed by atoms with van der Waals surface area (Å²) in [5, 5.41) is 14.6. The summed E-state index contributed by atoms with van der Waals surface area (Å²) in [6, 6.07) is 13.8. The van der Waals surface area contributed by atoms with Crippen LogP contribution >= 0.6 is 0 Å². The van der Waals surface area contributed by atoms with Crippen LogP contribution in [-0.4, -0.2) is 26.7 Å². The van der Waals surface area contributed by atoms with Gasteiger partial charge in [0.2, 0.25) is 0 Å². The molecule has 5 N–H and O–H groups in total. The molecule has 2 aromatic carbocycles. The van der Waals surface area contributed by atoms with E-state index in [9.17, 15) is 9.90 Å². The molecule has 6 nitrogen and oxygen atoms in total. The molecule has 1 aromatic heterocycles. The van der Waals surface area contributed by atoms with Gasteiger partial charge in [-0.15, -0.1) is 0 Å². The van der Waals surface area contributed by atoms with E-state index in [0.29, 0.717) is 13.0 Å². The van der Waals surface area contributed by atoms with E-state index in [1.165, 1.54) is 5.56 Å². The zero-order valence-electron chi connectivity index (χ0n) is 15.5. The number of rotatable bonds is 5. The fourth-order valence-corrected chi connectivity index (χ4v) is 4.10. The number of aromatic nitrogens is 2. The molecule has 1 aliphatic heterocycles. The highest BCUT2D eigenvalue weighted by Gasteiger charge is 2.29. The van der Waals surface area contributed by atoms with Gasteiger partial charge in [-0.25, -0.2) is 4.79 Å². The summed E-state index contributed by atoms with van der Waals surface area (Å²) in [7, 11) is 0. The van der Waals surface area contributed by atoms with Crippen LogP contribution in [0.2, 0.25) is 0 Å². The van der Waals surface area contributed by atoms with Crippen molar-refractivity contribution in [3.05, 3.63) is 64.1 Å². The summed E-state index contributed by atoms with van der Waals surface area (Å²) in [5.74, 6) is 0. The van der Waals surface area contributed by atoms with Crippen molar-refractivity contribution < 1.29 is 5.11 Å². The lowest BCUT2D eigenvalue weighted by Crippen LogP contribution is -2.41. The number of hydrogen-bond acceptors (Lipinski definition) is 4. The number of hydrogen-bond donors (Lipinski definition) is 4. The number of nitrogens with one attached hydrogen (secondary N) is 2. The number of nitrogens with zero attached hydrogens (tertiary/aromatic N) is 1. The molecular formula is C21H26N4O2. The van der Waals surface area contributed by atoms with Crippen molar-refractivity contribution in [2.24, 2.45) is 0 Å². The van der Waals surface area contributed by atoms with E-state index in [-0.39, 0.29) is 17.8 Å². The van der Waals surface area contributed by atoms with Gasteiger partial charge in [-0.3, -0.25) is 4.57 Å². The average molecular weight is 366 g/mol. The quantitative estimate of drug-likeness (QED) is 0.521. The normalized spacial score (nSPS) is 20.5. The van der Waals surface area contributed by atoms with Crippen LogP contribution in [0.1, 0.15) is 37.0 Å². The van der Waals surface area contributed by atoms with E-state index in [0.717, 1.165) is 35.1 Å². The van der Waals surface area contributed by atoms with Crippen LogP contribution in [0.4, 0.5) is 5.69 Å². The molecule has 4 rings (SSSR count). The van der Waals surface area contributed by atoms with Crippen molar-refractivity contribution in [1.29, 1.82) is 0 Å². The van der Waals surface area contributed by atoms with E-state index in [1.807, 2.05) is 36.4 Å². The number of nitrogen functional groups attached to an aromatic ring is 1. The van der Waals surface area contributed by atoms with Crippen LogP contribution in [0, 0.1) is 0 Å². The first kappa shape index (κ1) is 17.8. The summed E-state index contributed by atoms with van der Waals surface area (Å²) in [4.78, 5) is 15.1. The Morgan fingerprint density at radius 1 is 1.33 bits per heavy atom. The Balaban J connectivity index is 1.47. The molecular weight excluding hydrogens is 340 g/mol. The number of aliphatic hydroxyl groups excluding tert-OH is 1. The van der Waals surface area contributed by atoms with Crippen molar-refractivity contribution in [2.45, 2.75) is 50.9 Å². The highest BCUT2D eigenvalue weighted by molar-refractivity contribution is 5.79. The molecule has 27 heavy (non-hydrogen) atoms. The third-order valence-electron chi connectivity index (χ3n) is 5.50. The Labute approximate surface area is 158 Å². The SMILES string of the molecule is CC(CCc1cccc(N)c1)NC1CCn2c(=O)[nH]c3cccc(c32)C1O. The number of benzene rings is 2. The smallest absolute Gasteiger partial charge is 0.326 e. The second-order valence-electron chi connectivity index (χ2n) is 7.52. The van der Waals surface area contributed by atoms with Crippen LogP contribution in [0.5, 0.6) is 0 Å². The lowest BCUT2D eigenvalue weighted by molar-refractivity contribution is 0.119. The van der Waals surface area contributed by atoms with Crippen molar-refractivity contribution in [3.8, 4) is 0 Å². The maximum Gasteiger partial charge on any atom is 0.326 e. The van der Waals surface area contributed by atoms with Gasteiger partial charge in [0.05, 0.1) is 17.1 Å². The summed E-state index contributed by atoms with van der Waals surface area (Å²) in [6.45, 7) is 2.73. The summed E-state index contributed by atoms with van der Waals surface area (Å²) < 4.78 is 1.74. The zero-order chi connectivity index (χ0) is 19.0. The molecule has 0 amide bonds. The second kappa shape index (κ2) is 7.21. The fourth-order valence-electron chi connectivity index (χ4n) is 4.10. The standard InChI is InChI=1S/C21H26N4O2/c1-13(8-9-14-4-2-5-15(22)12-14)23-18-10-11-25-19-16(20(18)26)6-3-7-17(19)24-21(25)27/h2-7,12-13,18,20,23,26H,8-11,22H2,1H3,(H,24,27). The molecule has 0 radical (unpaired) electrons. The lowest BCUT2D eigenvalue weighted by Gasteiger charge is -2.26. The van der Waals surface area contributed by atoms with E-state index in [1.54, 1.807) is 4.57 Å². The van der Waals surface area contributed by atoms with Crippen molar-refractivity contribution in [3.63, 3.8) is 0 Å². The van der Waals surface area contributed by atoms with Crippen LogP contribution < -0.4 is 16.7 Å². The molecule has 0 aliphatic carbocycles. The van der Waals surface area contributed by atoms with Crippen LogP contribution in [0.3, 0.4) is 0 Å². The van der Waals surface area contributed by atoms with Crippen LogP contribution in [-0.2, 0) is 13.0 Å². The summed E-state index contributed by atoms with van der Waals surface area (Å²) in [6.07, 6.45) is 1.93. The Hall–Kier alpha value is -2.57. The van der Waals surface area contributed by atoms with Crippen molar-refractivity contribution in [2.75, 3.05) is 5.73 Å². The zero-order valence-corrected chi connectivity index (χ0v) is 15.5. The monoisotopic (exact) mass is 366 g/mol. The highest BCUT2D eigenvalue weighted by atomic mass is 16.3. The molecule has 142 valence electrons. The Morgan fingerprint density at radius 3 is 2.96 bits per heavy atom. The molecule has 0 saturated carbocycles. The predicted octanol–water partition coefficient (Wildman–Crippen LogP) is 2.33. The minimum absolute atomic E-state index is 0.0919. The Kier molecular flexibility index (Phi) is 4.76. The molecule has 2 heterocycles. The topological polar surface area (TPSA) is 96.1 Å². The van der Waals surface area contributed by atoms with E-state index >= 15 is 0 Å². The average Bonchev–Trinajstić information content (AvgIpc) is 2.90. The maximum atomic E-state index is 12.2. The van der Waals surface area contributed by atoms with Gasteiger partial charge in [-0.1, -0.05) is 24.3 Å². The molecule has 0 fully saturated rings. The number of H-pyrrole nitrogens is 1. The number of nitrogens with two attached hydrogens (primary N) is 1. The first-order valence-electron chi connectivity index (χ1n) is 9.53. The third-order valence-corrected chi connectivity index (χ3v) is 5.50. The number of aliphatic hydroxyl groups is 1. The first-order valence-corrected chi connectivity index (χ1v) is 9.53. The number of anilines is 1. The van der Waals surface area contributed by atoms with E-state index in [4.69, 9.17) is 5.73 Å². The molecule has 0 saturated heterocycles. The largest absolute Gasteiger partial charge is 0.399 e. The first-order chi connectivity index (χ1) is 13.0. The van der Waals surface area contributed by atoms with Gasteiger partial charge in [0.15, 0.2) is 0 Å². The fraction of sp³-hybridized carbons (Fsp3) is 0.381.